The Balaban J connectivity index is 2.02. The van der Waals surface area contributed by atoms with E-state index >= 15 is 0 Å². The number of carbonyl (C=O) groups excluding carboxylic acids is 1. The Morgan fingerprint density at radius 1 is 1.35 bits per heavy atom. The monoisotopic (exact) mass is 290 g/mol. The van der Waals surface area contributed by atoms with Crippen LogP contribution in [0.2, 0.25) is 0 Å². The second-order valence-corrected chi connectivity index (χ2v) is 6.15. The van der Waals surface area contributed by atoms with Crippen LogP contribution in [0.3, 0.4) is 0 Å². The van der Waals surface area contributed by atoms with E-state index in [-0.39, 0.29) is 17.1 Å². The number of thioether (sulfide) groups is 1. The van der Waals surface area contributed by atoms with Gasteiger partial charge in [0.25, 0.3) is 5.91 Å². The van der Waals surface area contributed by atoms with Crippen molar-refractivity contribution in [1.82, 2.24) is 0 Å². The van der Waals surface area contributed by atoms with Crippen LogP contribution < -0.4 is 11.5 Å². The highest BCUT2D eigenvalue weighted by Crippen LogP contribution is 2.26. The van der Waals surface area contributed by atoms with Crippen molar-refractivity contribution in [2.75, 3.05) is 0 Å². The molecule has 1 aliphatic rings. The van der Waals surface area contributed by atoms with E-state index in [9.17, 15) is 4.79 Å². The fourth-order valence-corrected chi connectivity index (χ4v) is 2.90. The standard InChI is InChI=1S/C14H18N4OS/c1-8(2)10-5-3-9(4-6-10)7-11-12(19)17-14(20-11)18-13(15)16/h3-6,8,11H,7H2,1-2H3,(H4,15,16,17,18,19). The Morgan fingerprint density at radius 3 is 2.55 bits per heavy atom. The molecule has 1 atom stereocenters. The number of carbonyl (C=O) groups is 1. The van der Waals surface area contributed by atoms with Crippen LogP contribution in [0.5, 0.6) is 0 Å². The van der Waals surface area contributed by atoms with Crippen molar-refractivity contribution < 1.29 is 4.79 Å². The smallest absolute Gasteiger partial charge is 0.262 e. The van der Waals surface area contributed by atoms with Gasteiger partial charge in [0.2, 0.25) is 0 Å². The molecule has 5 nitrogen and oxygen atoms in total. The van der Waals surface area contributed by atoms with Crippen LogP contribution in [0.4, 0.5) is 0 Å². The lowest BCUT2D eigenvalue weighted by Crippen LogP contribution is -2.23. The minimum atomic E-state index is -0.238. The van der Waals surface area contributed by atoms with Crippen molar-refractivity contribution in [2.24, 2.45) is 21.5 Å². The molecule has 1 amide bonds. The zero-order valence-electron chi connectivity index (χ0n) is 11.5. The van der Waals surface area contributed by atoms with Gasteiger partial charge < -0.3 is 11.5 Å². The van der Waals surface area contributed by atoms with E-state index in [2.05, 4.69) is 48.1 Å². The van der Waals surface area contributed by atoms with Crippen LogP contribution in [0.25, 0.3) is 0 Å². The normalized spacial score (nSPS) is 18.2. The average Bonchev–Trinajstić information content (AvgIpc) is 2.69. The molecule has 1 heterocycles. The zero-order chi connectivity index (χ0) is 14.7. The van der Waals surface area contributed by atoms with Gasteiger partial charge in [-0.1, -0.05) is 49.9 Å². The first-order valence-corrected chi connectivity index (χ1v) is 7.31. The molecule has 0 radical (unpaired) electrons. The summed E-state index contributed by atoms with van der Waals surface area (Å²) in [6.45, 7) is 4.31. The lowest BCUT2D eigenvalue weighted by molar-refractivity contribution is -0.117. The molecular formula is C14H18N4OS. The number of nitrogens with two attached hydrogens (primary N) is 2. The Labute approximate surface area is 122 Å². The zero-order valence-corrected chi connectivity index (χ0v) is 12.4. The fourth-order valence-electron chi connectivity index (χ4n) is 1.91. The van der Waals surface area contributed by atoms with E-state index < -0.39 is 0 Å². The number of hydrogen-bond donors (Lipinski definition) is 2. The van der Waals surface area contributed by atoms with Crippen molar-refractivity contribution in [1.29, 1.82) is 0 Å². The number of rotatable bonds is 3. The molecule has 0 saturated heterocycles. The number of amides is 1. The summed E-state index contributed by atoms with van der Waals surface area (Å²) in [6.07, 6.45) is 0.634. The first-order valence-electron chi connectivity index (χ1n) is 6.43. The second kappa shape index (κ2) is 6.09. The molecule has 0 saturated carbocycles. The van der Waals surface area contributed by atoms with Crippen LogP contribution in [0, 0.1) is 0 Å². The summed E-state index contributed by atoms with van der Waals surface area (Å²) < 4.78 is 0. The van der Waals surface area contributed by atoms with Gasteiger partial charge in [0.1, 0.15) is 0 Å². The number of aliphatic imine (C=N–C) groups is 2. The summed E-state index contributed by atoms with van der Waals surface area (Å²) >= 11 is 1.31. The third-order valence-electron chi connectivity index (χ3n) is 3.02. The molecule has 1 aromatic rings. The Hall–Kier alpha value is -1.82. The number of guanidine groups is 1. The van der Waals surface area contributed by atoms with Crippen molar-refractivity contribution in [3.8, 4) is 0 Å². The molecule has 20 heavy (non-hydrogen) atoms. The van der Waals surface area contributed by atoms with Crippen LogP contribution >= 0.6 is 11.8 Å². The largest absolute Gasteiger partial charge is 0.370 e. The first-order chi connectivity index (χ1) is 9.45. The van der Waals surface area contributed by atoms with Crippen LogP contribution in [0.1, 0.15) is 30.9 Å². The van der Waals surface area contributed by atoms with E-state index in [1.165, 1.54) is 17.3 Å². The van der Waals surface area contributed by atoms with Gasteiger partial charge in [0.05, 0.1) is 5.25 Å². The van der Waals surface area contributed by atoms with Crippen LogP contribution in [-0.4, -0.2) is 22.3 Å². The van der Waals surface area contributed by atoms with Gasteiger partial charge in [-0.2, -0.15) is 9.98 Å². The second-order valence-electron chi connectivity index (χ2n) is 4.98. The van der Waals surface area contributed by atoms with Gasteiger partial charge in [0.15, 0.2) is 11.1 Å². The lowest BCUT2D eigenvalue weighted by Gasteiger charge is -2.09. The summed E-state index contributed by atoms with van der Waals surface area (Å²) in [5, 5.41) is 0.108. The summed E-state index contributed by atoms with van der Waals surface area (Å²) in [5.74, 6) is 0.247. The number of nitrogens with zero attached hydrogens (tertiary/aromatic N) is 2. The topological polar surface area (TPSA) is 93.8 Å². The molecule has 6 heteroatoms. The quantitative estimate of drug-likeness (QED) is 0.653. The third-order valence-corrected chi connectivity index (χ3v) is 4.07. The molecule has 1 aromatic carbocycles. The maximum absolute atomic E-state index is 11.8. The molecular weight excluding hydrogens is 272 g/mol. The van der Waals surface area contributed by atoms with Crippen LogP contribution in [0.15, 0.2) is 34.3 Å². The number of amidine groups is 1. The molecule has 0 aromatic heterocycles. The molecule has 1 unspecified atom stereocenters. The summed E-state index contributed by atoms with van der Waals surface area (Å²) in [7, 11) is 0. The molecule has 0 aliphatic carbocycles. The molecule has 106 valence electrons. The highest BCUT2D eigenvalue weighted by molar-refractivity contribution is 8.15. The van der Waals surface area contributed by atoms with Gasteiger partial charge in [-0.05, 0) is 23.5 Å². The summed E-state index contributed by atoms with van der Waals surface area (Å²) in [6, 6.07) is 8.31. The van der Waals surface area contributed by atoms with Crippen molar-refractivity contribution in [2.45, 2.75) is 31.4 Å². The fraction of sp³-hybridized carbons (Fsp3) is 0.357. The SMILES string of the molecule is CC(C)c1ccc(CC2SC(N=C(N)N)=NC2=O)cc1. The van der Waals surface area contributed by atoms with E-state index in [0.29, 0.717) is 17.5 Å². The van der Waals surface area contributed by atoms with Gasteiger partial charge in [-0.15, -0.1) is 0 Å². The molecule has 1 aliphatic heterocycles. The maximum atomic E-state index is 11.8. The predicted molar refractivity (Wildman–Crippen MR) is 83.9 cm³/mol. The Kier molecular flexibility index (Phi) is 4.44. The minimum absolute atomic E-state index is 0.0778. The Bertz CT molecular complexity index is 559. The molecule has 4 N–H and O–H groups in total. The molecule has 0 fully saturated rings. The molecule has 0 spiro atoms. The molecule has 2 rings (SSSR count). The van der Waals surface area contributed by atoms with Gasteiger partial charge >= 0.3 is 0 Å². The van der Waals surface area contributed by atoms with Gasteiger partial charge in [0, 0.05) is 0 Å². The maximum Gasteiger partial charge on any atom is 0.262 e. The lowest BCUT2D eigenvalue weighted by atomic mass is 10.0. The summed E-state index contributed by atoms with van der Waals surface area (Å²) in [5.41, 5.74) is 13.0. The summed E-state index contributed by atoms with van der Waals surface area (Å²) in [4.78, 5) is 19.5. The van der Waals surface area contributed by atoms with E-state index in [1.54, 1.807) is 0 Å². The number of hydrogen-bond acceptors (Lipinski definition) is 3. The van der Waals surface area contributed by atoms with Crippen LogP contribution in [-0.2, 0) is 11.2 Å². The van der Waals surface area contributed by atoms with E-state index in [4.69, 9.17) is 11.5 Å². The van der Waals surface area contributed by atoms with E-state index in [1.807, 2.05) is 0 Å². The Morgan fingerprint density at radius 2 is 2.00 bits per heavy atom. The van der Waals surface area contributed by atoms with Crippen molar-refractivity contribution in [3.63, 3.8) is 0 Å². The highest BCUT2D eigenvalue weighted by atomic mass is 32.2. The van der Waals surface area contributed by atoms with Gasteiger partial charge in [-0.25, -0.2) is 0 Å². The minimum Gasteiger partial charge on any atom is -0.370 e. The van der Waals surface area contributed by atoms with Gasteiger partial charge in [-0.3, -0.25) is 4.79 Å². The average molecular weight is 290 g/mol. The molecule has 0 bridgehead atoms. The van der Waals surface area contributed by atoms with E-state index in [0.717, 1.165) is 5.56 Å². The van der Waals surface area contributed by atoms with Crippen molar-refractivity contribution in [3.05, 3.63) is 35.4 Å². The first kappa shape index (κ1) is 14.6. The van der Waals surface area contributed by atoms with Crippen molar-refractivity contribution >= 4 is 28.8 Å². The predicted octanol–water partition coefficient (Wildman–Crippen LogP) is 1.62. The highest BCUT2D eigenvalue weighted by Gasteiger charge is 2.28. The third kappa shape index (κ3) is 3.60. The number of benzene rings is 1.